The molecule has 0 spiro atoms. The maximum atomic E-state index is 12.2. The van der Waals surface area contributed by atoms with E-state index in [0.717, 1.165) is 18.8 Å². The highest BCUT2D eigenvalue weighted by Gasteiger charge is 2.22. The van der Waals surface area contributed by atoms with Crippen LogP contribution in [0.3, 0.4) is 0 Å². The first-order valence-corrected chi connectivity index (χ1v) is 7.95. The Morgan fingerprint density at radius 3 is 2.38 bits per heavy atom. The van der Waals surface area contributed by atoms with Gasteiger partial charge in [-0.25, -0.2) is 4.79 Å². The minimum absolute atomic E-state index is 0.120. The number of para-hydroxylation sites is 1. The van der Waals surface area contributed by atoms with Gasteiger partial charge in [0.15, 0.2) is 6.61 Å². The summed E-state index contributed by atoms with van der Waals surface area (Å²) in [5.74, 6) is -0.0433. The average molecular weight is 328 g/mol. The largest absolute Gasteiger partial charge is 0.454 e. The van der Waals surface area contributed by atoms with Crippen LogP contribution < -0.4 is 4.90 Å². The Labute approximate surface area is 140 Å². The molecule has 0 bridgehead atoms. The normalized spacial score (nSPS) is 14.5. The second kappa shape index (κ2) is 7.21. The summed E-state index contributed by atoms with van der Waals surface area (Å²) in [7, 11) is 0. The van der Waals surface area contributed by atoms with Gasteiger partial charge in [0.25, 0.3) is 5.91 Å². The Morgan fingerprint density at radius 2 is 1.75 bits per heavy atom. The number of carbonyl (C=O) groups excluding carboxylic acids is 2. The lowest BCUT2D eigenvalue weighted by molar-refractivity contribution is -0.134. The first kappa shape index (κ1) is 16.1. The molecule has 2 aromatic rings. The van der Waals surface area contributed by atoms with Gasteiger partial charge in [-0.1, -0.05) is 18.2 Å². The number of benzene rings is 1. The quantitative estimate of drug-likeness (QED) is 0.804. The first-order valence-electron chi connectivity index (χ1n) is 7.95. The van der Waals surface area contributed by atoms with Gasteiger partial charge < -0.3 is 19.0 Å². The van der Waals surface area contributed by atoms with Crippen molar-refractivity contribution in [2.75, 3.05) is 37.7 Å². The number of rotatable bonds is 4. The molecule has 0 saturated carbocycles. The van der Waals surface area contributed by atoms with Crippen LogP contribution in [0.5, 0.6) is 0 Å². The summed E-state index contributed by atoms with van der Waals surface area (Å²) in [4.78, 5) is 27.9. The number of amides is 1. The van der Waals surface area contributed by atoms with Crippen LogP contribution in [0.25, 0.3) is 0 Å². The van der Waals surface area contributed by atoms with Crippen LogP contribution in [0, 0.1) is 6.92 Å². The third-order valence-corrected chi connectivity index (χ3v) is 4.02. The van der Waals surface area contributed by atoms with Crippen LogP contribution in [0.15, 0.2) is 46.9 Å². The summed E-state index contributed by atoms with van der Waals surface area (Å²) in [6, 6.07) is 13.3. The Balaban J connectivity index is 1.46. The van der Waals surface area contributed by atoms with Crippen molar-refractivity contribution in [3.63, 3.8) is 0 Å². The molecule has 1 aliphatic rings. The van der Waals surface area contributed by atoms with Crippen LogP contribution in [0.2, 0.25) is 0 Å². The number of hydrogen-bond acceptors (Lipinski definition) is 5. The lowest BCUT2D eigenvalue weighted by Crippen LogP contribution is -2.49. The number of hydrogen-bond donors (Lipinski definition) is 0. The van der Waals surface area contributed by atoms with E-state index in [2.05, 4.69) is 17.0 Å². The minimum atomic E-state index is -0.612. The van der Waals surface area contributed by atoms with Gasteiger partial charge in [0, 0.05) is 31.9 Å². The van der Waals surface area contributed by atoms with Gasteiger partial charge in [0.05, 0.1) is 0 Å². The SMILES string of the molecule is Cc1ccc(C(=O)OCC(=O)N2CCN(c3ccccc3)CC2)o1. The van der Waals surface area contributed by atoms with Crippen LogP contribution in [-0.4, -0.2) is 49.6 Å². The van der Waals surface area contributed by atoms with Gasteiger partial charge in [0.2, 0.25) is 5.76 Å². The van der Waals surface area contributed by atoms with Gasteiger partial charge in [-0.05, 0) is 31.2 Å². The van der Waals surface area contributed by atoms with Crippen molar-refractivity contribution in [1.29, 1.82) is 0 Å². The molecule has 1 aromatic carbocycles. The molecule has 1 fully saturated rings. The van der Waals surface area contributed by atoms with Crippen LogP contribution in [-0.2, 0) is 9.53 Å². The van der Waals surface area contributed by atoms with Gasteiger partial charge in [-0.2, -0.15) is 0 Å². The van der Waals surface area contributed by atoms with E-state index in [1.807, 2.05) is 18.2 Å². The van der Waals surface area contributed by atoms with Crippen molar-refractivity contribution >= 4 is 17.6 Å². The van der Waals surface area contributed by atoms with Gasteiger partial charge in [-0.3, -0.25) is 4.79 Å². The lowest BCUT2D eigenvalue weighted by atomic mass is 10.2. The molecule has 2 heterocycles. The van der Waals surface area contributed by atoms with Crippen LogP contribution >= 0.6 is 0 Å². The topological polar surface area (TPSA) is 63.0 Å². The highest BCUT2D eigenvalue weighted by molar-refractivity contribution is 5.88. The Hall–Kier alpha value is -2.76. The monoisotopic (exact) mass is 328 g/mol. The zero-order chi connectivity index (χ0) is 16.9. The van der Waals surface area contributed by atoms with Crippen molar-refractivity contribution in [2.45, 2.75) is 6.92 Å². The Bertz CT molecular complexity index is 703. The Kier molecular flexibility index (Phi) is 4.84. The number of nitrogens with zero attached hydrogens (tertiary/aromatic N) is 2. The molecule has 0 radical (unpaired) electrons. The summed E-state index contributed by atoms with van der Waals surface area (Å²) >= 11 is 0. The second-order valence-corrected chi connectivity index (χ2v) is 5.69. The van der Waals surface area contributed by atoms with Gasteiger partial charge in [-0.15, -0.1) is 0 Å². The molecule has 6 nitrogen and oxygen atoms in total. The highest BCUT2D eigenvalue weighted by atomic mass is 16.5. The smallest absolute Gasteiger partial charge is 0.374 e. The van der Waals surface area contributed by atoms with E-state index in [-0.39, 0.29) is 18.3 Å². The number of aryl methyl sites for hydroxylation is 1. The molecule has 126 valence electrons. The maximum Gasteiger partial charge on any atom is 0.374 e. The van der Waals surface area contributed by atoms with Crippen molar-refractivity contribution in [3.8, 4) is 0 Å². The Morgan fingerprint density at radius 1 is 1.04 bits per heavy atom. The molecule has 1 aliphatic heterocycles. The number of piperazine rings is 1. The molecule has 0 aliphatic carbocycles. The van der Waals surface area contributed by atoms with Crippen molar-refractivity contribution < 1.29 is 18.7 Å². The van der Waals surface area contributed by atoms with E-state index in [1.54, 1.807) is 24.0 Å². The second-order valence-electron chi connectivity index (χ2n) is 5.69. The number of ether oxygens (including phenoxy) is 1. The molecule has 0 atom stereocenters. The minimum Gasteiger partial charge on any atom is -0.454 e. The van der Waals surface area contributed by atoms with Crippen molar-refractivity contribution in [2.24, 2.45) is 0 Å². The van der Waals surface area contributed by atoms with Crippen molar-refractivity contribution in [1.82, 2.24) is 4.90 Å². The summed E-state index contributed by atoms with van der Waals surface area (Å²) in [5, 5.41) is 0. The third kappa shape index (κ3) is 3.76. The maximum absolute atomic E-state index is 12.2. The lowest BCUT2D eigenvalue weighted by Gasteiger charge is -2.36. The number of carbonyl (C=O) groups is 2. The molecule has 1 amide bonds. The molecular formula is C18H20N2O4. The molecule has 1 aromatic heterocycles. The molecule has 6 heteroatoms. The van der Waals surface area contributed by atoms with Gasteiger partial charge >= 0.3 is 5.97 Å². The van der Waals surface area contributed by atoms with E-state index < -0.39 is 5.97 Å². The molecule has 0 N–H and O–H groups in total. The van der Waals surface area contributed by atoms with E-state index >= 15 is 0 Å². The van der Waals surface area contributed by atoms with E-state index in [1.165, 1.54) is 0 Å². The molecular weight excluding hydrogens is 308 g/mol. The molecule has 24 heavy (non-hydrogen) atoms. The number of anilines is 1. The predicted octanol–water partition coefficient (Wildman–Crippen LogP) is 2.09. The third-order valence-electron chi connectivity index (χ3n) is 4.02. The number of furan rings is 1. The zero-order valence-corrected chi connectivity index (χ0v) is 13.6. The summed E-state index contributed by atoms with van der Waals surface area (Å²) < 4.78 is 10.2. The number of esters is 1. The molecule has 3 rings (SSSR count). The van der Waals surface area contributed by atoms with Crippen LogP contribution in [0.1, 0.15) is 16.3 Å². The van der Waals surface area contributed by atoms with E-state index in [4.69, 9.17) is 9.15 Å². The fraction of sp³-hybridized carbons (Fsp3) is 0.333. The standard InChI is InChI=1S/C18H20N2O4/c1-14-7-8-16(24-14)18(22)23-13-17(21)20-11-9-19(10-12-20)15-5-3-2-4-6-15/h2-8H,9-13H2,1H3. The highest BCUT2D eigenvalue weighted by Crippen LogP contribution is 2.15. The fourth-order valence-corrected chi connectivity index (χ4v) is 2.69. The van der Waals surface area contributed by atoms with E-state index in [9.17, 15) is 9.59 Å². The van der Waals surface area contributed by atoms with Gasteiger partial charge in [0.1, 0.15) is 5.76 Å². The van der Waals surface area contributed by atoms with Crippen molar-refractivity contribution in [3.05, 3.63) is 54.0 Å². The summed E-state index contributed by atoms with van der Waals surface area (Å²) in [6.45, 7) is 4.25. The van der Waals surface area contributed by atoms with E-state index in [0.29, 0.717) is 18.8 Å². The predicted molar refractivity (Wildman–Crippen MR) is 89.0 cm³/mol. The average Bonchev–Trinajstić information content (AvgIpc) is 3.07. The zero-order valence-electron chi connectivity index (χ0n) is 13.6. The fourth-order valence-electron chi connectivity index (χ4n) is 2.69. The first-order chi connectivity index (χ1) is 11.6. The summed E-state index contributed by atoms with van der Waals surface area (Å²) in [6.07, 6.45) is 0. The molecule has 0 unspecified atom stereocenters. The van der Waals surface area contributed by atoms with Crippen LogP contribution in [0.4, 0.5) is 5.69 Å². The summed E-state index contributed by atoms with van der Waals surface area (Å²) in [5.41, 5.74) is 1.16. The molecule has 1 saturated heterocycles.